The molecule has 2 heterocycles. The third-order valence-electron chi connectivity index (χ3n) is 2.64. The van der Waals surface area contributed by atoms with Crippen LogP contribution < -0.4 is 11.1 Å². The van der Waals surface area contributed by atoms with Crippen molar-refractivity contribution in [2.45, 2.75) is 25.8 Å². The number of nitrogens with zero attached hydrogens (tertiary/aromatic N) is 3. The summed E-state index contributed by atoms with van der Waals surface area (Å²) in [4.78, 5) is 17.6. The smallest absolute Gasteiger partial charge is 0.276 e. The summed E-state index contributed by atoms with van der Waals surface area (Å²) < 4.78 is 0. The quantitative estimate of drug-likeness (QED) is 0.624. The van der Waals surface area contributed by atoms with Crippen LogP contribution in [0.4, 0.5) is 0 Å². The first kappa shape index (κ1) is 9.05. The molecule has 2 rings (SSSR count). The van der Waals surface area contributed by atoms with Gasteiger partial charge in [0, 0.05) is 12.6 Å². The molecule has 0 unspecified atom stereocenters. The molecule has 1 fully saturated rings. The van der Waals surface area contributed by atoms with E-state index < -0.39 is 0 Å². The first-order chi connectivity index (χ1) is 6.70. The predicted molar refractivity (Wildman–Crippen MR) is 52.2 cm³/mol. The summed E-state index contributed by atoms with van der Waals surface area (Å²) in [6.07, 6.45) is 3.43. The maximum atomic E-state index is 11.9. The lowest BCUT2D eigenvalue weighted by Gasteiger charge is -2.20. The van der Waals surface area contributed by atoms with Crippen LogP contribution in [0.5, 0.6) is 0 Å². The van der Waals surface area contributed by atoms with Gasteiger partial charge < -0.3 is 10.6 Å². The molecule has 14 heavy (non-hydrogen) atoms. The largest absolute Gasteiger partial charge is 0.382 e. The lowest BCUT2D eigenvalue weighted by Crippen LogP contribution is -2.35. The number of hydrogen-bond acceptors (Lipinski definition) is 3. The summed E-state index contributed by atoms with van der Waals surface area (Å²) in [5, 5.41) is 3.75. The predicted octanol–water partition coefficient (Wildman–Crippen LogP) is -0.229. The summed E-state index contributed by atoms with van der Waals surface area (Å²) in [6, 6.07) is 0.290. The van der Waals surface area contributed by atoms with E-state index in [9.17, 15) is 4.79 Å². The molecule has 75 valence electrons. The second-order valence-electron chi connectivity index (χ2n) is 3.60. The fourth-order valence-electron chi connectivity index (χ4n) is 1.81. The maximum absolute atomic E-state index is 11.9. The van der Waals surface area contributed by atoms with Crippen molar-refractivity contribution >= 4 is 12.2 Å². The molecule has 1 radical (unpaired) electrons. The molecular formula is C9H13N4O. The molecule has 0 bridgehead atoms. The van der Waals surface area contributed by atoms with E-state index in [0.717, 1.165) is 19.4 Å². The number of amides is 1. The van der Waals surface area contributed by atoms with E-state index in [1.807, 2.05) is 6.92 Å². The van der Waals surface area contributed by atoms with Gasteiger partial charge in [0.15, 0.2) is 11.5 Å². The van der Waals surface area contributed by atoms with E-state index in [1.165, 1.54) is 6.34 Å². The minimum atomic E-state index is -0.0926. The molecule has 2 aliphatic heterocycles. The van der Waals surface area contributed by atoms with Gasteiger partial charge in [-0.3, -0.25) is 4.79 Å². The minimum absolute atomic E-state index is 0.0926. The van der Waals surface area contributed by atoms with Crippen molar-refractivity contribution in [3.05, 3.63) is 11.5 Å². The molecule has 0 aromatic heterocycles. The van der Waals surface area contributed by atoms with E-state index in [0.29, 0.717) is 11.7 Å². The Labute approximate surface area is 82.7 Å². The summed E-state index contributed by atoms with van der Waals surface area (Å²) in [6.45, 7) is 2.84. The average molecular weight is 193 g/mol. The lowest BCUT2D eigenvalue weighted by atomic mass is 10.2. The van der Waals surface area contributed by atoms with Crippen LogP contribution in [0, 0.1) is 0 Å². The Hall–Kier alpha value is -1.52. The Kier molecular flexibility index (Phi) is 2.15. The summed E-state index contributed by atoms with van der Waals surface area (Å²) in [5.74, 6) is 0.138. The zero-order valence-corrected chi connectivity index (χ0v) is 8.10. The topological polar surface area (TPSA) is 72.8 Å². The van der Waals surface area contributed by atoms with Crippen LogP contribution in [-0.4, -0.2) is 29.7 Å². The van der Waals surface area contributed by atoms with Gasteiger partial charge in [-0.1, -0.05) is 0 Å². The maximum Gasteiger partial charge on any atom is 0.276 e. The number of carbonyl (C=O) groups excluding carboxylic acids is 1. The van der Waals surface area contributed by atoms with Crippen molar-refractivity contribution in [3.8, 4) is 0 Å². The molecule has 0 aliphatic carbocycles. The molecule has 0 spiro atoms. The van der Waals surface area contributed by atoms with E-state index in [4.69, 9.17) is 5.73 Å². The van der Waals surface area contributed by atoms with Gasteiger partial charge in [-0.05, 0) is 19.8 Å². The highest BCUT2D eigenvalue weighted by atomic mass is 16.2. The number of carbonyl (C=O) groups is 1. The summed E-state index contributed by atoms with van der Waals surface area (Å²) in [7, 11) is 0. The highest BCUT2D eigenvalue weighted by Gasteiger charge is 2.29. The Morgan fingerprint density at radius 1 is 1.71 bits per heavy atom. The number of likely N-dealkylation sites (tertiary alicyclic amines) is 1. The van der Waals surface area contributed by atoms with Crippen molar-refractivity contribution in [1.29, 1.82) is 0 Å². The van der Waals surface area contributed by atoms with Crippen LogP contribution in [0.2, 0.25) is 0 Å². The number of rotatable bonds is 1. The lowest BCUT2D eigenvalue weighted by molar-refractivity contribution is -0.127. The Bertz CT molecular complexity index is 321. The van der Waals surface area contributed by atoms with Crippen molar-refractivity contribution in [1.82, 2.24) is 10.2 Å². The minimum Gasteiger partial charge on any atom is -0.382 e. The Morgan fingerprint density at radius 2 is 2.50 bits per heavy atom. The summed E-state index contributed by atoms with van der Waals surface area (Å²) in [5.41, 5.74) is 5.82. The van der Waals surface area contributed by atoms with Gasteiger partial charge in [-0.25, -0.2) is 10.3 Å². The number of nitrogens with two attached hydrogens (primary N) is 1. The molecule has 5 heteroatoms. The van der Waals surface area contributed by atoms with Crippen LogP contribution >= 0.6 is 0 Å². The van der Waals surface area contributed by atoms with Gasteiger partial charge in [-0.15, -0.1) is 0 Å². The monoisotopic (exact) mass is 193 g/mol. The molecule has 2 N–H and O–H groups in total. The molecule has 0 aromatic carbocycles. The normalized spacial score (nSPS) is 25.8. The second-order valence-corrected chi connectivity index (χ2v) is 3.60. The van der Waals surface area contributed by atoms with E-state index >= 15 is 0 Å². The van der Waals surface area contributed by atoms with Crippen molar-refractivity contribution in [2.75, 3.05) is 6.54 Å². The van der Waals surface area contributed by atoms with Gasteiger partial charge in [0.25, 0.3) is 5.91 Å². The first-order valence-corrected chi connectivity index (χ1v) is 4.74. The Balaban J connectivity index is 2.15. The highest BCUT2D eigenvalue weighted by Crippen LogP contribution is 2.20. The van der Waals surface area contributed by atoms with Crippen LogP contribution in [0.15, 0.2) is 16.5 Å². The van der Waals surface area contributed by atoms with Gasteiger partial charge >= 0.3 is 0 Å². The molecule has 5 nitrogen and oxygen atoms in total. The van der Waals surface area contributed by atoms with Gasteiger partial charge in [0.1, 0.15) is 6.34 Å². The molecule has 0 aromatic rings. The van der Waals surface area contributed by atoms with E-state index in [2.05, 4.69) is 10.3 Å². The highest BCUT2D eigenvalue weighted by molar-refractivity contribution is 5.97. The van der Waals surface area contributed by atoms with Crippen LogP contribution in [0.1, 0.15) is 19.8 Å². The van der Waals surface area contributed by atoms with Crippen molar-refractivity contribution < 1.29 is 4.79 Å². The molecular weight excluding hydrogens is 180 g/mol. The first-order valence-electron chi connectivity index (χ1n) is 4.74. The van der Waals surface area contributed by atoms with Gasteiger partial charge in [0.2, 0.25) is 0 Å². The fraction of sp³-hybridized carbons (Fsp3) is 0.556. The van der Waals surface area contributed by atoms with Crippen molar-refractivity contribution in [3.63, 3.8) is 0 Å². The molecule has 1 atom stereocenters. The number of aliphatic imine (C=N–C) groups is 1. The second kappa shape index (κ2) is 3.32. The average Bonchev–Trinajstić information content (AvgIpc) is 2.73. The molecule has 0 saturated carbocycles. The summed E-state index contributed by atoms with van der Waals surface area (Å²) >= 11 is 0. The third kappa shape index (κ3) is 1.34. The fourth-order valence-corrected chi connectivity index (χ4v) is 1.81. The zero-order valence-electron chi connectivity index (χ0n) is 8.10. The van der Waals surface area contributed by atoms with Crippen LogP contribution in [-0.2, 0) is 4.79 Å². The zero-order chi connectivity index (χ0) is 10.1. The molecule has 2 aliphatic rings. The van der Waals surface area contributed by atoms with Crippen LogP contribution in [0.3, 0.4) is 0 Å². The molecule has 1 saturated heterocycles. The molecule has 1 amide bonds. The third-order valence-corrected chi connectivity index (χ3v) is 2.64. The van der Waals surface area contributed by atoms with Crippen LogP contribution in [0.25, 0.3) is 0 Å². The van der Waals surface area contributed by atoms with E-state index in [-0.39, 0.29) is 11.7 Å². The standard InChI is InChI=1S/C9H13N4O/c1-6-3-2-4-13(6)9(14)7-8(10)12-5-11-7/h5-6H,2-4,10H2,1H3/t6-/m0/s1. The van der Waals surface area contributed by atoms with E-state index in [1.54, 1.807) is 4.90 Å². The van der Waals surface area contributed by atoms with Crippen molar-refractivity contribution in [2.24, 2.45) is 10.7 Å². The number of hydrogen-bond donors (Lipinski definition) is 1. The van der Waals surface area contributed by atoms with Gasteiger partial charge in [-0.2, -0.15) is 0 Å². The SMILES string of the molecule is C[C@H]1CCCN1C(=O)C1=C(N)[N]C=N1. The van der Waals surface area contributed by atoms with Gasteiger partial charge in [0.05, 0.1) is 0 Å². The Morgan fingerprint density at radius 3 is 3.00 bits per heavy atom.